The maximum atomic E-state index is 11.5. The zero-order chi connectivity index (χ0) is 11.3. The molecule has 1 heterocycles. The summed E-state index contributed by atoms with van der Waals surface area (Å²) in [5, 5.41) is 4.62. The van der Waals surface area contributed by atoms with Crippen LogP contribution in [0.15, 0.2) is 17.5 Å². The minimum absolute atomic E-state index is 0.0453. The number of amides is 1. The fraction of sp³-hybridized carbons (Fsp3) is 0.455. The number of ketones is 1. The third-order valence-corrected chi connectivity index (χ3v) is 2.74. The summed E-state index contributed by atoms with van der Waals surface area (Å²) >= 11 is 1.42. The Labute approximate surface area is 93.5 Å². The van der Waals surface area contributed by atoms with Crippen molar-refractivity contribution in [2.45, 2.75) is 32.7 Å². The predicted octanol–water partition coefficient (Wildman–Crippen LogP) is 2.24. The van der Waals surface area contributed by atoms with Crippen molar-refractivity contribution < 1.29 is 9.59 Å². The SMILES string of the molecule is CC(C)NC(=O)CCC(=O)c1cccs1. The van der Waals surface area contributed by atoms with Crippen LogP contribution in [-0.4, -0.2) is 17.7 Å². The molecule has 0 bridgehead atoms. The van der Waals surface area contributed by atoms with E-state index < -0.39 is 0 Å². The van der Waals surface area contributed by atoms with E-state index in [0.717, 1.165) is 4.88 Å². The topological polar surface area (TPSA) is 46.2 Å². The highest BCUT2D eigenvalue weighted by Crippen LogP contribution is 2.12. The van der Waals surface area contributed by atoms with E-state index in [2.05, 4.69) is 5.32 Å². The van der Waals surface area contributed by atoms with Crippen molar-refractivity contribution in [1.82, 2.24) is 5.32 Å². The Bertz CT molecular complexity index is 330. The lowest BCUT2D eigenvalue weighted by atomic mass is 10.2. The molecule has 0 saturated carbocycles. The first-order chi connectivity index (χ1) is 7.09. The normalized spacial score (nSPS) is 10.3. The molecule has 0 unspecified atom stereocenters. The first-order valence-electron chi connectivity index (χ1n) is 4.95. The number of hydrogen-bond donors (Lipinski definition) is 1. The van der Waals surface area contributed by atoms with Crippen molar-refractivity contribution in [3.05, 3.63) is 22.4 Å². The lowest BCUT2D eigenvalue weighted by molar-refractivity contribution is -0.121. The van der Waals surface area contributed by atoms with E-state index in [1.54, 1.807) is 6.07 Å². The summed E-state index contributed by atoms with van der Waals surface area (Å²) in [6.45, 7) is 3.80. The first-order valence-corrected chi connectivity index (χ1v) is 5.83. The van der Waals surface area contributed by atoms with E-state index in [1.807, 2.05) is 25.3 Å². The van der Waals surface area contributed by atoms with Gasteiger partial charge in [0, 0.05) is 18.9 Å². The lowest BCUT2D eigenvalue weighted by Gasteiger charge is -2.06. The third kappa shape index (κ3) is 4.25. The Morgan fingerprint density at radius 2 is 2.13 bits per heavy atom. The molecule has 0 aliphatic carbocycles. The molecule has 0 saturated heterocycles. The average Bonchev–Trinajstić information content (AvgIpc) is 2.65. The van der Waals surface area contributed by atoms with Gasteiger partial charge in [0.05, 0.1) is 4.88 Å². The molecule has 3 nitrogen and oxygen atoms in total. The van der Waals surface area contributed by atoms with Crippen LogP contribution in [0.25, 0.3) is 0 Å². The Kier molecular flexibility index (Phi) is 4.49. The van der Waals surface area contributed by atoms with Crippen LogP contribution in [0.4, 0.5) is 0 Å². The Hall–Kier alpha value is -1.16. The fourth-order valence-electron chi connectivity index (χ4n) is 1.18. The zero-order valence-electron chi connectivity index (χ0n) is 8.95. The van der Waals surface area contributed by atoms with Crippen molar-refractivity contribution in [1.29, 1.82) is 0 Å². The molecule has 82 valence electrons. The van der Waals surface area contributed by atoms with E-state index in [9.17, 15) is 9.59 Å². The maximum absolute atomic E-state index is 11.5. The van der Waals surface area contributed by atoms with Crippen LogP contribution in [-0.2, 0) is 4.79 Å². The molecule has 0 atom stereocenters. The number of nitrogens with one attached hydrogen (secondary N) is 1. The summed E-state index contributed by atoms with van der Waals surface area (Å²) in [6, 6.07) is 3.76. The monoisotopic (exact) mass is 225 g/mol. The van der Waals surface area contributed by atoms with Crippen LogP contribution in [0.1, 0.15) is 36.4 Å². The van der Waals surface area contributed by atoms with Crippen LogP contribution in [0.3, 0.4) is 0 Å². The molecule has 0 aromatic carbocycles. The van der Waals surface area contributed by atoms with Gasteiger partial charge in [-0.05, 0) is 25.3 Å². The van der Waals surface area contributed by atoms with Gasteiger partial charge in [-0.25, -0.2) is 0 Å². The Morgan fingerprint density at radius 1 is 1.40 bits per heavy atom. The summed E-state index contributed by atoms with van der Waals surface area (Å²) in [4.78, 5) is 23.5. The predicted molar refractivity (Wildman–Crippen MR) is 61.2 cm³/mol. The van der Waals surface area contributed by atoms with Crippen LogP contribution in [0.2, 0.25) is 0 Å². The van der Waals surface area contributed by atoms with Crippen molar-refractivity contribution in [2.75, 3.05) is 0 Å². The second kappa shape index (κ2) is 5.66. The van der Waals surface area contributed by atoms with E-state index in [4.69, 9.17) is 0 Å². The van der Waals surface area contributed by atoms with Crippen molar-refractivity contribution >= 4 is 23.0 Å². The maximum Gasteiger partial charge on any atom is 0.220 e. The number of rotatable bonds is 5. The zero-order valence-corrected chi connectivity index (χ0v) is 9.76. The second-order valence-corrected chi connectivity index (χ2v) is 4.57. The highest BCUT2D eigenvalue weighted by atomic mass is 32.1. The molecule has 0 spiro atoms. The molecule has 0 fully saturated rings. The lowest BCUT2D eigenvalue weighted by Crippen LogP contribution is -2.30. The van der Waals surface area contributed by atoms with Crippen LogP contribution in [0, 0.1) is 0 Å². The molecule has 1 N–H and O–H groups in total. The molecular weight excluding hydrogens is 210 g/mol. The minimum atomic E-state index is -0.0603. The van der Waals surface area contributed by atoms with Crippen molar-refractivity contribution in [2.24, 2.45) is 0 Å². The van der Waals surface area contributed by atoms with Crippen molar-refractivity contribution in [3.63, 3.8) is 0 Å². The first kappa shape index (κ1) is 11.9. The minimum Gasteiger partial charge on any atom is -0.354 e. The van der Waals surface area contributed by atoms with Crippen LogP contribution >= 0.6 is 11.3 Å². The van der Waals surface area contributed by atoms with Crippen LogP contribution < -0.4 is 5.32 Å². The van der Waals surface area contributed by atoms with Gasteiger partial charge in [-0.2, -0.15) is 0 Å². The van der Waals surface area contributed by atoms with Crippen molar-refractivity contribution in [3.8, 4) is 0 Å². The molecular formula is C11H15NO2S. The molecule has 1 aromatic rings. The number of carbonyl (C=O) groups excluding carboxylic acids is 2. The Morgan fingerprint density at radius 3 is 2.67 bits per heavy atom. The molecule has 1 aromatic heterocycles. The van der Waals surface area contributed by atoms with Gasteiger partial charge in [0.1, 0.15) is 0 Å². The van der Waals surface area contributed by atoms with E-state index in [-0.39, 0.29) is 24.2 Å². The van der Waals surface area contributed by atoms with E-state index >= 15 is 0 Å². The standard InChI is InChI=1S/C11H15NO2S/c1-8(2)12-11(14)6-5-9(13)10-4-3-7-15-10/h3-4,7-8H,5-6H2,1-2H3,(H,12,14). The summed E-state index contributed by atoms with van der Waals surface area (Å²) in [5.74, 6) is -0.0150. The summed E-state index contributed by atoms with van der Waals surface area (Å²) in [5.41, 5.74) is 0. The van der Waals surface area contributed by atoms with Gasteiger partial charge in [-0.3, -0.25) is 9.59 Å². The number of thiophene rings is 1. The van der Waals surface area contributed by atoms with Gasteiger partial charge < -0.3 is 5.32 Å². The highest BCUT2D eigenvalue weighted by molar-refractivity contribution is 7.12. The average molecular weight is 225 g/mol. The molecule has 4 heteroatoms. The van der Waals surface area contributed by atoms with Gasteiger partial charge in [0.15, 0.2) is 5.78 Å². The van der Waals surface area contributed by atoms with Gasteiger partial charge in [0.25, 0.3) is 0 Å². The fourth-order valence-corrected chi connectivity index (χ4v) is 1.88. The second-order valence-electron chi connectivity index (χ2n) is 3.62. The molecule has 0 radical (unpaired) electrons. The van der Waals surface area contributed by atoms with E-state index in [0.29, 0.717) is 6.42 Å². The summed E-state index contributed by atoms with van der Waals surface area (Å²) in [6.07, 6.45) is 0.563. The molecule has 0 aliphatic rings. The Balaban J connectivity index is 2.32. The summed E-state index contributed by atoms with van der Waals surface area (Å²) < 4.78 is 0. The smallest absolute Gasteiger partial charge is 0.220 e. The van der Waals surface area contributed by atoms with Gasteiger partial charge >= 0.3 is 0 Å². The van der Waals surface area contributed by atoms with Gasteiger partial charge in [0.2, 0.25) is 5.91 Å². The third-order valence-electron chi connectivity index (χ3n) is 1.82. The van der Waals surface area contributed by atoms with E-state index in [1.165, 1.54) is 11.3 Å². The highest BCUT2D eigenvalue weighted by Gasteiger charge is 2.10. The van der Waals surface area contributed by atoms with Gasteiger partial charge in [-0.1, -0.05) is 6.07 Å². The summed E-state index contributed by atoms with van der Waals surface area (Å²) in [7, 11) is 0. The number of hydrogen-bond acceptors (Lipinski definition) is 3. The molecule has 0 aliphatic heterocycles. The number of Topliss-reactive ketones (excluding diaryl/α,β-unsaturated/α-hetero) is 1. The van der Waals surface area contributed by atoms with Gasteiger partial charge in [-0.15, -0.1) is 11.3 Å². The number of carbonyl (C=O) groups is 2. The molecule has 1 rings (SSSR count). The molecule has 1 amide bonds. The molecule has 15 heavy (non-hydrogen) atoms. The quantitative estimate of drug-likeness (QED) is 0.781. The van der Waals surface area contributed by atoms with Crippen LogP contribution in [0.5, 0.6) is 0 Å². The largest absolute Gasteiger partial charge is 0.354 e.